The van der Waals surface area contributed by atoms with E-state index in [9.17, 15) is 14.9 Å². The van der Waals surface area contributed by atoms with Gasteiger partial charge in [-0.15, -0.1) is 11.3 Å². The largest absolute Gasteiger partial charge is 0.465 e. The Morgan fingerprint density at radius 1 is 1.59 bits per heavy atom. The molecule has 1 aliphatic rings. The summed E-state index contributed by atoms with van der Waals surface area (Å²) in [7, 11) is 0. The van der Waals surface area contributed by atoms with Gasteiger partial charge in [0.1, 0.15) is 11.9 Å². The first kappa shape index (κ1) is 14.5. The molecular formula is C13H14N4O4S. The Balaban J connectivity index is 2.00. The van der Waals surface area contributed by atoms with Gasteiger partial charge in [0.15, 0.2) is 0 Å². The normalized spacial score (nSPS) is 18.4. The summed E-state index contributed by atoms with van der Waals surface area (Å²) in [6.45, 7) is 1.08. The maximum absolute atomic E-state index is 11.3. The van der Waals surface area contributed by atoms with Crippen molar-refractivity contribution in [2.75, 3.05) is 18.0 Å². The molecule has 1 amide bonds. The van der Waals surface area contributed by atoms with Gasteiger partial charge in [0, 0.05) is 19.1 Å². The number of amides is 1. The molecule has 0 radical (unpaired) electrons. The quantitative estimate of drug-likeness (QED) is 0.663. The number of carboxylic acid groups (broad SMARTS) is 1. The second-order valence-corrected chi connectivity index (χ2v) is 6.03. The summed E-state index contributed by atoms with van der Waals surface area (Å²) in [4.78, 5) is 27.7. The lowest BCUT2D eigenvalue weighted by Crippen LogP contribution is -2.47. The predicted octanol–water partition coefficient (Wildman–Crippen LogP) is 2.44. The molecule has 1 fully saturated rings. The van der Waals surface area contributed by atoms with E-state index in [1.54, 1.807) is 0 Å². The molecular weight excluding hydrogens is 308 g/mol. The van der Waals surface area contributed by atoms with Crippen molar-refractivity contribution < 1.29 is 14.8 Å². The molecule has 0 unspecified atom stereocenters. The highest BCUT2D eigenvalue weighted by molar-refractivity contribution is 7.17. The summed E-state index contributed by atoms with van der Waals surface area (Å²) in [6.07, 6.45) is 1.71. The number of nitrogens with zero attached hydrogens (tertiary/aromatic N) is 3. The molecule has 0 spiro atoms. The number of rotatable bonds is 3. The van der Waals surface area contributed by atoms with E-state index in [4.69, 9.17) is 5.11 Å². The standard InChI is InChI=1S/C13H14N4O4S/c18-13(19)15-8-2-1-4-16(7-8)11-10(17(20)21)6-14-9-3-5-22-12(9)11/h3,5-6,8,15H,1-2,4,7H2,(H,18,19)/t8-/m0/s1. The highest BCUT2D eigenvalue weighted by Crippen LogP contribution is 2.38. The van der Waals surface area contributed by atoms with E-state index >= 15 is 0 Å². The van der Waals surface area contributed by atoms with Gasteiger partial charge in [-0.05, 0) is 24.3 Å². The number of hydrogen-bond donors (Lipinski definition) is 2. The van der Waals surface area contributed by atoms with Gasteiger partial charge in [0.05, 0.1) is 15.1 Å². The molecule has 0 aliphatic carbocycles. The number of piperidine rings is 1. The van der Waals surface area contributed by atoms with Crippen LogP contribution in [0, 0.1) is 10.1 Å². The maximum atomic E-state index is 11.3. The van der Waals surface area contributed by atoms with Crippen LogP contribution in [0.1, 0.15) is 12.8 Å². The summed E-state index contributed by atoms with van der Waals surface area (Å²) >= 11 is 1.41. The molecule has 1 aliphatic heterocycles. The first-order valence-electron chi connectivity index (χ1n) is 6.81. The van der Waals surface area contributed by atoms with Crippen molar-refractivity contribution in [3.8, 4) is 0 Å². The second kappa shape index (κ2) is 5.76. The Kier molecular flexibility index (Phi) is 3.80. The summed E-state index contributed by atoms with van der Waals surface area (Å²) < 4.78 is 0.769. The fraction of sp³-hybridized carbons (Fsp3) is 0.385. The third kappa shape index (κ3) is 2.67. The predicted molar refractivity (Wildman–Crippen MR) is 82.7 cm³/mol. The van der Waals surface area contributed by atoms with Gasteiger partial charge in [-0.3, -0.25) is 10.1 Å². The number of fused-ring (bicyclic) bond motifs is 1. The molecule has 3 rings (SSSR count). The monoisotopic (exact) mass is 322 g/mol. The van der Waals surface area contributed by atoms with Crippen LogP contribution in [0.4, 0.5) is 16.2 Å². The third-order valence-electron chi connectivity index (χ3n) is 3.69. The number of anilines is 1. The lowest BCUT2D eigenvalue weighted by atomic mass is 10.0. The number of aromatic nitrogens is 1. The minimum atomic E-state index is -1.07. The molecule has 22 heavy (non-hydrogen) atoms. The SMILES string of the molecule is O=C(O)N[C@H]1CCCN(c2c([N+](=O)[O-])cnc3ccsc23)C1. The zero-order valence-corrected chi connectivity index (χ0v) is 12.4. The Morgan fingerprint density at radius 2 is 2.41 bits per heavy atom. The number of thiophene rings is 1. The van der Waals surface area contributed by atoms with Gasteiger partial charge in [-0.1, -0.05) is 0 Å². The minimum Gasteiger partial charge on any atom is -0.465 e. The maximum Gasteiger partial charge on any atom is 0.404 e. The summed E-state index contributed by atoms with van der Waals surface area (Å²) in [5.41, 5.74) is 1.23. The average Bonchev–Trinajstić information content (AvgIpc) is 2.93. The highest BCUT2D eigenvalue weighted by Gasteiger charge is 2.29. The topological polar surface area (TPSA) is 109 Å². The fourth-order valence-corrected chi connectivity index (χ4v) is 3.72. The van der Waals surface area contributed by atoms with Crippen LogP contribution in [0.3, 0.4) is 0 Å². The Bertz CT molecular complexity index is 732. The van der Waals surface area contributed by atoms with Crippen molar-refractivity contribution in [1.82, 2.24) is 10.3 Å². The van der Waals surface area contributed by atoms with E-state index in [-0.39, 0.29) is 11.7 Å². The molecule has 1 saturated heterocycles. The van der Waals surface area contributed by atoms with E-state index in [1.807, 2.05) is 16.3 Å². The van der Waals surface area contributed by atoms with Crippen LogP contribution in [-0.4, -0.2) is 40.2 Å². The molecule has 3 heterocycles. The van der Waals surface area contributed by atoms with E-state index in [0.717, 1.165) is 23.1 Å². The van der Waals surface area contributed by atoms with Gasteiger partial charge in [-0.25, -0.2) is 9.78 Å². The van der Waals surface area contributed by atoms with Crippen molar-refractivity contribution in [3.63, 3.8) is 0 Å². The molecule has 9 heteroatoms. The molecule has 8 nitrogen and oxygen atoms in total. The van der Waals surface area contributed by atoms with Crippen molar-refractivity contribution >= 4 is 39.0 Å². The second-order valence-electron chi connectivity index (χ2n) is 5.12. The van der Waals surface area contributed by atoms with Gasteiger partial charge in [-0.2, -0.15) is 0 Å². The summed E-state index contributed by atoms with van der Waals surface area (Å²) in [5.74, 6) is 0. The number of nitro groups is 1. The Morgan fingerprint density at radius 3 is 3.14 bits per heavy atom. The van der Waals surface area contributed by atoms with Crippen LogP contribution < -0.4 is 10.2 Å². The van der Waals surface area contributed by atoms with Crippen LogP contribution in [0.25, 0.3) is 10.2 Å². The first-order valence-corrected chi connectivity index (χ1v) is 7.69. The van der Waals surface area contributed by atoms with Gasteiger partial charge < -0.3 is 15.3 Å². The number of pyridine rings is 1. The van der Waals surface area contributed by atoms with Crippen LogP contribution in [0.15, 0.2) is 17.6 Å². The van der Waals surface area contributed by atoms with Crippen LogP contribution >= 0.6 is 11.3 Å². The lowest BCUT2D eigenvalue weighted by Gasteiger charge is -2.34. The number of hydrogen-bond acceptors (Lipinski definition) is 6. The summed E-state index contributed by atoms with van der Waals surface area (Å²) in [6, 6.07) is 1.60. The number of nitrogens with one attached hydrogen (secondary N) is 1. The average molecular weight is 322 g/mol. The zero-order chi connectivity index (χ0) is 15.7. The first-order chi connectivity index (χ1) is 10.6. The Labute approximate surface area is 129 Å². The van der Waals surface area contributed by atoms with Crippen molar-refractivity contribution in [3.05, 3.63) is 27.8 Å². The van der Waals surface area contributed by atoms with Crippen LogP contribution in [0.2, 0.25) is 0 Å². The molecule has 0 saturated carbocycles. The fourth-order valence-electron chi connectivity index (χ4n) is 2.80. The number of carbonyl (C=O) groups is 1. The van der Waals surface area contributed by atoms with E-state index in [2.05, 4.69) is 10.3 Å². The molecule has 2 N–H and O–H groups in total. The molecule has 2 aromatic heterocycles. The Hall–Kier alpha value is -2.42. The van der Waals surface area contributed by atoms with Crippen LogP contribution in [0.5, 0.6) is 0 Å². The minimum absolute atomic E-state index is 0.0362. The molecule has 0 bridgehead atoms. The van der Waals surface area contributed by atoms with Crippen molar-refractivity contribution in [2.24, 2.45) is 0 Å². The van der Waals surface area contributed by atoms with Gasteiger partial charge in [0.2, 0.25) is 0 Å². The van der Waals surface area contributed by atoms with Gasteiger partial charge >= 0.3 is 11.8 Å². The van der Waals surface area contributed by atoms with Crippen molar-refractivity contribution in [1.29, 1.82) is 0 Å². The van der Waals surface area contributed by atoms with Gasteiger partial charge in [0.25, 0.3) is 0 Å². The van der Waals surface area contributed by atoms with Crippen LogP contribution in [-0.2, 0) is 0 Å². The molecule has 1 atom stereocenters. The lowest BCUT2D eigenvalue weighted by molar-refractivity contribution is -0.384. The van der Waals surface area contributed by atoms with E-state index in [0.29, 0.717) is 18.8 Å². The molecule has 116 valence electrons. The summed E-state index contributed by atoms with van der Waals surface area (Å²) in [5, 5.41) is 24.5. The molecule has 2 aromatic rings. The molecule has 0 aromatic carbocycles. The highest BCUT2D eigenvalue weighted by atomic mass is 32.1. The van der Waals surface area contributed by atoms with Crippen molar-refractivity contribution in [2.45, 2.75) is 18.9 Å². The smallest absolute Gasteiger partial charge is 0.404 e. The van der Waals surface area contributed by atoms with E-state index in [1.165, 1.54) is 17.5 Å². The van der Waals surface area contributed by atoms with E-state index < -0.39 is 11.0 Å². The third-order valence-corrected chi connectivity index (χ3v) is 4.60. The zero-order valence-electron chi connectivity index (χ0n) is 11.6.